The predicted molar refractivity (Wildman–Crippen MR) is 164 cm³/mol. The van der Waals surface area contributed by atoms with E-state index >= 15 is 0 Å². The molecule has 2 heterocycles. The average molecular weight is 640 g/mol. The Morgan fingerprint density at radius 3 is 2.55 bits per heavy atom. The van der Waals surface area contributed by atoms with E-state index in [9.17, 15) is 18.8 Å². The lowest BCUT2D eigenvalue weighted by Crippen LogP contribution is -2.24. The van der Waals surface area contributed by atoms with Crippen LogP contribution in [0.2, 0.25) is 0 Å². The number of rotatable bonds is 12. The number of hydrogen-bond donors (Lipinski definition) is 2. The molecular weight excluding hydrogens is 609 g/mol. The number of aryl methyl sites for hydroxylation is 1. The number of thioether (sulfide) groups is 1. The van der Waals surface area contributed by atoms with Crippen molar-refractivity contribution in [2.24, 2.45) is 0 Å². The molecule has 0 aliphatic heterocycles. The number of carbonyl (C=O) groups excluding carboxylic acids is 3. The van der Waals surface area contributed by atoms with E-state index in [4.69, 9.17) is 14.2 Å². The number of esters is 1. The fourth-order valence-corrected chi connectivity index (χ4v) is 6.87. The first-order valence-corrected chi connectivity index (χ1v) is 15.6. The lowest BCUT2D eigenvalue weighted by Gasteiger charge is -2.12. The second-order valence-electron chi connectivity index (χ2n) is 9.58. The van der Waals surface area contributed by atoms with Gasteiger partial charge < -0.3 is 24.8 Å². The lowest BCUT2D eigenvalue weighted by molar-refractivity contribution is -0.113. The molecule has 2 aromatic carbocycles. The van der Waals surface area contributed by atoms with Gasteiger partial charge in [0, 0.05) is 16.1 Å². The molecule has 2 N–H and O–H groups in total. The van der Waals surface area contributed by atoms with Crippen LogP contribution in [0.5, 0.6) is 11.5 Å². The molecule has 2 aromatic heterocycles. The average Bonchev–Trinajstić information content (AvgIpc) is 3.73. The van der Waals surface area contributed by atoms with Crippen LogP contribution in [-0.4, -0.2) is 59.1 Å². The van der Waals surface area contributed by atoms with Gasteiger partial charge in [0.15, 0.2) is 22.5 Å². The van der Waals surface area contributed by atoms with Gasteiger partial charge >= 0.3 is 5.97 Å². The maximum atomic E-state index is 13.7. The SMILES string of the molecule is CCOC(=O)c1c(NC(=O)CSc2nnc(CNC(=O)c3ccc(OC)c(OC)c3)n2-c2ccc(F)cc2)sc2c1CCC2. The summed E-state index contributed by atoms with van der Waals surface area (Å²) in [6, 6.07) is 10.5. The van der Waals surface area contributed by atoms with E-state index in [0.717, 1.165) is 41.5 Å². The summed E-state index contributed by atoms with van der Waals surface area (Å²) in [5.41, 5.74) is 2.29. The smallest absolute Gasteiger partial charge is 0.341 e. The van der Waals surface area contributed by atoms with Crippen molar-refractivity contribution in [3.63, 3.8) is 0 Å². The summed E-state index contributed by atoms with van der Waals surface area (Å²) in [6.45, 7) is 1.98. The molecule has 4 aromatic rings. The van der Waals surface area contributed by atoms with Crippen molar-refractivity contribution in [1.82, 2.24) is 20.1 Å². The van der Waals surface area contributed by atoms with E-state index in [2.05, 4.69) is 20.8 Å². The number of nitrogens with zero attached hydrogens (tertiary/aromatic N) is 3. The van der Waals surface area contributed by atoms with E-state index in [1.54, 1.807) is 41.8 Å². The van der Waals surface area contributed by atoms with Gasteiger partial charge in [0.2, 0.25) is 5.91 Å². The number of amides is 2. The minimum atomic E-state index is -0.439. The van der Waals surface area contributed by atoms with Gasteiger partial charge in [-0.3, -0.25) is 14.2 Å². The quantitative estimate of drug-likeness (QED) is 0.165. The van der Waals surface area contributed by atoms with Gasteiger partial charge in [-0.05, 0) is 74.2 Å². The number of benzene rings is 2. The van der Waals surface area contributed by atoms with Crippen molar-refractivity contribution >= 4 is 45.9 Å². The molecule has 44 heavy (non-hydrogen) atoms. The van der Waals surface area contributed by atoms with Gasteiger partial charge in [0.25, 0.3) is 5.91 Å². The van der Waals surface area contributed by atoms with Crippen LogP contribution in [0, 0.1) is 5.82 Å². The molecule has 0 fully saturated rings. The highest BCUT2D eigenvalue weighted by molar-refractivity contribution is 7.99. The van der Waals surface area contributed by atoms with E-state index in [-0.39, 0.29) is 30.7 Å². The van der Waals surface area contributed by atoms with Crippen molar-refractivity contribution in [1.29, 1.82) is 0 Å². The second-order valence-corrected chi connectivity index (χ2v) is 11.6. The normalized spacial score (nSPS) is 12.0. The van der Waals surface area contributed by atoms with Crippen LogP contribution in [0.1, 0.15) is 50.3 Å². The van der Waals surface area contributed by atoms with Crippen LogP contribution in [-0.2, 0) is 28.9 Å². The van der Waals surface area contributed by atoms with Gasteiger partial charge in [0.1, 0.15) is 10.8 Å². The van der Waals surface area contributed by atoms with Gasteiger partial charge in [-0.15, -0.1) is 21.5 Å². The molecule has 0 atom stereocenters. The van der Waals surface area contributed by atoms with Crippen molar-refractivity contribution < 1.29 is 33.0 Å². The number of fused-ring (bicyclic) bond motifs is 1. The zero-order valence-corrected chi connectivity index (χ0v) is 25.9. The Hall–Kier alpha value is -4.43. The number of thiophene rings is 1. The fourth-order valence-electron chi connectivity index (χ4n) is 4.80. The summed E-state index contributed by atoms with van der Waals surface area (Å²) in [5.74, 6) is -0.343. The third-order valence-corrected chi connectivity index (χ3v) is 8.96. The number of ether oxygens (including phenoxy) is 3. The number of carbonyl (C=O) groups is 3. The van der Waals surface area contributed by atoms with Gasteiger partial charge in [-0.1, -0.05) is 11.8 Å². The number of halogens is 1. The molecule has 230 valence electrons. The standard InChI is InChI=1S/C30H30FN5O6S2/c1-4-42-29(39)26-20-6-5-7-23(20)44-28(26)33-25(37)16-43-30-35-34-24(36(30)19-11-9-18(31)10-12-19)15-32-27(38)17-8-13-21(40-2)22(14-17)41-3/h8-14H,4-7,15-16H2,1-3H3,(H,32,38)(H,33,37). The lowest BCUT2D eigenvalue weighted by atomic mass is 10.1. The van der Waals surface area contributed by atoms with Crippen molar-refractivity contribution in [2.75, 3.05) is 31.9 Å². The van der Waals surface area contributed by atoms with Gasteiger partial charge in [0.05, 0.1) is 38.7 Å². The third-order valence-electron chi connectivity index (χ3n) is 6.82. The molecule has 14 heteroatoms. The summed E-state index contributed by atoms with van der Waals surface area (Å²) >= 11 is 2.52. The van der Waals surface area contributed by atoms with Crippen LogP contribution in [0.15, 0.2) is 47.6 Å². The Balaban J connectivity index is 1.32. The zero-order valence-electron chi connectivity index (χ0n) is 24.3. The third kappa shape index (κ3) is 6.70. The molecule has 11 nitrogen and oxygen atoms in total. The van der Waals surface area contributed by atoms with Crippen molar-refractivity contribution in [3.05, 3.63) is 75.7 Å². The van der Waals surface area contributed by atoms with E-state index in [1.807, 2.05) is 0 Å². The van der Waals surface area contributed by atoms with Crippen LogP contribution < -0.4 is 20.1 Å². The molecule has 0 bridgehead atoms. The molecule has 0 saturated heterocycles. The summed E-state index contributed by atoms with van der Waals surface area (Å²) in [6.07, 6.45) is 2.60. The first-order valence-electron chi connectivity index (χ1n) is 13.8. The number of nitrogens with one attached hydrogen (secondary N) is 2. The van der Waals surface area contributed by atoms with Crippen LogP contribution in [0.4, 0.5) is 9.39 Å². The van der Waals surface area contributed by atoms with E-state index in [1.165, 1.54) is 37.7 Å². The Kier molecular flexibility index (Phi) is 9.80. The topological polar surface area (TPSA) is 134 Å². The second kappa shape index (κ2) is 13.9. The fraction of sp³-hybridized carbons (Fsp3) is 0.300. The maximum absolute atomic E-state index is 13.7. The predicted octanol–water partition coefficient (Wildman–Crippen LogP) is 4.81. The summed E-state index contributed by atoms with van der Waals surface area (Å²) in [5, 5.41) is 15.0. The Labute approximate surface area is 261 Å². The zero-order chi connectivity index (χ0) is 31.2. The van der Waals surface area contributed by atoms with E-state index in [0.29, 0.717) is 44.3 Å². The number of hydrogen-bond acceptors (Lipinski definition) is 10. The molecular formula is C30H30FN5O6S2. The van der Waals surface area contributed by atoms with Crippen molar-refractivity contribution in [2.45, 2.75) is 37.9 Å². The Bertz CT molecular complexity index is 1690. The summed E-state index contributed by atoms with van der Waals surface area (Å²) in [4.78, 5) is 39.8. The van der Waals surface area contributed by atoms with Crippen LogP contribution in [0.3, 0.4) is 0 Å². The molecule has 1 aliphatic rings. The Morgan fingerprint density at radius 2 is 1.82 bits per heavy atom. The van der Waals surface area contributed by atoms with Crippen LogP contribution >= 0.6 is 23.1 Å². The maximum Gasteiger partial charge on any atom is 0.341 e. The monoisotopic (exact) mass is 639 g/mol. The molecule has 5 rings (SSSR count). The molecule has 2 amide bonds. The summed E-state index contributed by atoms with van der Waals surface area (Å²) < 4.78 is 31.2. The molecule has 0 saturated carbocycles. The van der Waals surface area contributed by atoms with E-state index < -0.39 is 11.8 Å². The minimum Gasteiger partial charge on any atom is -0.493 e. The van der Waals surface area contributed by atoms with Crippen molar-refractivity contribution in [3.8, 4) is 17.2 Å². The number of anilines is 1. The van der Waals surface area contributed by atoms with Gasteiger partial charge in [-0.2, -0.15) is 0 Å². The first-order chi connectivity index (χ1) is 21.3. The summed E-state index contributed by atoms with van der Waals surface area (Å²) in [7, 11) is 2.99. The molecule has 1 aliphatic carbocycles. The highest BCUT2D eigenvalue weighted by Crippen LogP contribution is 2.39. The highest BCUT2D eigenvalue weighted by atomic mass is 32.2. The number of methoxy groups -OCH3 is 2. The molecule has 0 unspecified atom stereocenters. The number of aromatic nitrogens is 3. The largest absolute Gasteiger partial charge is 0.493 e. The van der Waals surface area contributed by atoms with Gasteiger partial charge in [-0.25, -0.2) is 9.18 Å². The minimum absolute atomic E-state index is 0.00599. The molecule has 0 spiro atoms. The Morgan fingerprint density at radius 1 is 1.05 bits per heavy atom. The van der Waals surface area contributed by atoms with Crippen LogP contribution in [0.25, 0.3) is 5.69 Å². The molecule has 0 radical (unpaired) electrons. The first kappa shape index (κ1) is 31.0. The highest BCUT2D eigenvalue weighted by Gasteiger charge is 2.28.